The van der Waals surface area contributed by atoms with E-state index in [0.29, 0.717) is 0 Å². The highest BCUT2D eigenvalue weighted by molar-refractivity contribution is 5.96. The molecule has 14 nitrogen and oxygen atoms in total. The standard InChI is InChI=1S/C26H36N6O8/c1-13(2)9-19(31-23(36)16(27)10-14-12-29-17-6-4-3-5-15(14)17)24(37)32-20(11-22(34)35)25(38)30-18(26(39)40)7-8-21(28)33/h3-6,12-13,16,18-20,29H,7-11,27H2,1-2H3,(H2,28,33)(H,30,38)(H,31,36)(H,32,37)(H,34,35)(H,39,40). The molecule has 4 amide bonds. The Morgan fingerprint density at radius 3 is 2.10 bits per heavy atom. The first-order chi connectivity index (χ1) is 18.8. The monoisotopic (exact) mass is 560 g/mol. The smallest absolute Gasteiger partial charge is 0.326 e. The number of rotatable bonds is 16. The van der Waals surface area contributed by atoms with Crippen LogP contribution in [-0.2, 0) is 35.2 Å². The second kappa shape index (κ2) is 14.6. The van der Waals surface area contributed by atoms with Crippen molar-refractivity contribution in [2.24, 2.45) is 17.4 Å². The molecule has 0 fully saturated rings. The number of hydrogen-bond donors (Lipinski definition) is 8. The molecule has 4 atom stereocenters. The highest BCUT2D eigenvalue weighted by Crippen LogP contribution is 2.19. The zero-order valence-electron chi connectivity index (χ0n) is 22.3. The van der Waals surface area contributed by atoms with Crippen molar-refractivity contribution in [1.29, 1.82) is 0 Å². The Morgan fingerprint density at radius 2 is 1.50 bits per heavy atom. The molecule has 0 aliphatic heterocycles. The number of H-pyrrole nitrogens is 1. The number of carboxylic acids is 2. The van der Waals surface area contributed by atoms with Gasteiger partial charge in [-0.2, -0.15) is 0 Å². The van der Waals surface area contributed by atoms with Gasteiger partial charge < -0.3 is 42.6 Å². The molecule has 1 aromatic heterocycles. The average Bonchev–Trinajstić information content (AvgIpc) is 3.27. The third kappa shape index (κ3) is 9.69. The van der Waals surface area contributed by atoms with Gasteiger partial charge in [-0.15, -0.1) is 0 Å². The maximum absolute atomic E-state index is 13.1. The fourth-order valence-corrected chi connectivity index (χ4v) is 4.08. The van der Waals surface area contributed by atoms with Gasteiger partial charge in [-0.05, 0) is 36.8 Å². The maximum atomic E-state index is 13.1. The summed E-state index contributed by atoms with van der Waals surface area (Å²) in [7, 11) is 0. The normalized spacial score (nSPS) is 14.1. The van der Waals surface area contributed by atoms with Crippen molar-refractivity contribution in [3.8, 4) is 0 Å². The average molecular weight is 561 g/mol. The van der Waals surface area contributed by atoms with Crippen LogP contribution in [-0.4, -0.2) is 74.9 Å². The molecule has 1 heterocycles. The zero-order valence-corrected chi connectivity index (χ0v) is 22.3. The van der Waals surface area contributed by atoms with Gasteiger partial charge in [-0.1, -0.05) is 32.0 Å². The third-order valence-electron chi connectivity index (χ3n) is 6.10. The fraction of sp³-hybridized carbons (Fsp3) is 0.462. The van der Waals surface area contributed by atoms with Crippen LogP contribution in [0, 0.1) is 5.92 Å². The summed E-state index contributed by atoms with van der Waals surface area (Å²) in [5, 5.41) is 26.5. The van der Waals surface area contributed by atoms with Crippen molar-refractivity contribution in [3.05, 3.63) is 36.0 Å². The summed E-state index contributed by atoms with van der Waals surface area (Å²) in [5.41, 5.74) is 12.9. The number of para-hydroxylation sites is 1. The van der Waals surface area contributed by atoms with E-state index in [2.05, 4.69) is 20.9 Å². The van der Waals surface area contributed by atoms with E-state index in [0.717, 1.165) is 16.5 Å². The largest absolute Gasteiger partial charge is 0.481 e. The summed E-state index contributed by atoms with van der Waals surface area (Å²) in [5.74, 6) is -6.32. The van der Waals surface area contributed by atoms with Gasteiger partial charge in [0.15, 0.2) is 0 Å². The number of aromatic nitrogens is 1. The predicted octanol–water partition coefficient (Wildman–Crippen LogP) is -0.637. The van der Waals surface area contributed by atoms with Crippen LogP contribution in [0.25, 0.3) is 10.9 Å². The lowest BCUT2D eigenvalue weighted by atomic mass is 10.0. The Balaban J connectivity index is 2.13. The Bertz CT molecular complexity index is 1240. The number of primary amides is 1. The highest BCUT2D eigenvalue weighted by Gasteiger charge is 2.32. The van der Waals surface area contributed by atoms with Gasteiger partial charge in [0.25, 0.3) is 0 Å². The molecule has 0 saturated heterocycles. The summed E-state index contributed by atoms with van der Waals surface area (Å²) in [6, 6.07) is 2.12. The second-order valence-corrected chi connectivity index (χ2v) is 9.92. The molecule has 0 bridgehead atoms. The summed E-state index contributed by atoms with van der Waals surface area (Å²) in [6.45, 7) is 3.60. The van der Waals surface area contributed by atoms with Gasteiger partial charge in [0.1, 0.15) is 18.1 Å². The van der Waals surface area contributed by atoms with Crippen molar-refractivity contribution in [1.82, 2.24) is 20.9 Å². The van der Waals surface area contributed by atoms with E-state index in [1.54, 1.807) is 20.0 Å². The molecule has 10 N–H and O–H groups in total. The number of fused-ring (bicyclic) bond motifs is 1. The molecule has 2 rings (SSSR count). The van der Waals surface area contributed by atoms with E-state index in [1.165, 1.54) is 0 Å². The lowest BCUT2D eigenvalue weighted by Gasteiger charge is -2.25. The predicted molar refractivity (Wildman–Crippen MR) is 144 cm³/mol. The van der Waals surface area contributed by atoms with E-state index in [-0.39, 0.29) is 31.6 Å². The number of carboxylic acid groups (broad SMARTS) is 2. The second-order valence-electron chi connectivity index (χ2n) is 9.92. The van der Waals surface area contributed by atoms with Gasteiger partial charge in [0.2, 0.25) is 23.6 Å². The van der Waals surface area contributed by atoms with Crippen LogP contribution in [0.5, 0.6) is 0 Å². The van der Waals surface area contributed by atoms with E-state index in [4.69, 9.17) is 11.5 Å². The number of benzene rings is 1. The zero-order chi connectivity index (χ0) is 30.0. The van der Waals surface area contributed by atoms with Gasteiger partial charge in [-0.25, -0.2) is 4.79 Å². The Labute approximate surface area is 230 Å². The lowest BCUT2D eigenvalue weighted by molar-refractivity contribution is -0.144. The molecule has 40 heavy (non-hydrogen) atoms. The highest BCUT2D eigenvalue weighted by atomic mass is 16.4. The lowest BCUT2D eigenvalue weighted by Crippen LogP contribution is -2.57. The molecule has 0 spiro atoms. The first-order valence-corrected chi connectivity index (χ1v) is 12.7. The first kappa shape index (κ1) is 31.8. The number of aromatic amines is 1. The Hall–Kier alpha value is -4.46. The van der Waals surface area contributed by atoms with Crippen molar-refractivity contribution in [2.75, 3.05) is 0 Å². The molecule has 0 saturated carbocycles. The summed E-state index contributed by atoms with van der Waals surface area (Å²) in [4.78, 5) is 75.8. The maximum Gasteiger partial charge on any atom is 0.326 e. The molecular weight excluding hydrogens is 524 g/mol. The number of carbonyl (C=O) groups is 6. The molecule has 1 aromatic carbocycles. The van der Waals surface area contributed by atoms with Gasteiger partial charge in [0, 0.05) is 23.5 Å². The quantitative estimate of drug-likeness (QED) is 0.130. The first-order valence-electron chi connectivity index (χ1n) is 12.7. The van der Waals surface area contributed by atoms with Crippen molar-refractivity contribution < 1.29 is 39.0 Å². The Kier molecular flexibility index (Phi) is 11.6. The summed E-state index contributed by atoms with van der Waals surface area (Å²) in [6.07, 6.45) is 0.549. The summed E-state index contributed by atoms with van der Waals surface area (Å²) >= 11 is 0. The minimum atomic E-state index is -1.66. The minimum absolute atomic E-state index is 0.0853. The van der Waals surface area contributed by atoms with Crippen molar-refractivity contribution in [3.63, 3.8) is 0 Å². The fourth-order valence-electron chi connectivity index (χ4n) is 4.08. The number of hydrogen-bond acceptors (Lipinski definition) is 7. The molecular formula is C26H36N6O8. The summed E-state index contributed by atoms with van der Waals surface area (Å²) < 4.78 is 0. The number of nitrogens with one attached hydrogen (secondary N) is 4. The topological polar surface area (TPSA) is 247 Å². The van der Waals surface area contributed by atoms with E-state index in [9.17, 15) is 39.0 Å². The SMILES string of the molecule is CC(C)CC(NC(=O)C(N)Cc1c[nH]c2ccccc12)C(=O)NC(CC(=O)O)C(=O)NC(CCC(N)=O)C(=O)O. The van der Waals surface area contributed by atoms with Crippen LogP contribution in [0.4, 0.5) is 0 Å². The number of carbonyl (C=O) groups excluding carboxylic acids is 4. The van der Waals surface area contributed by atoms with Crippen LogP contribution >= 0.6 is 0 Å². The molecule has 14 heteroatoms. The van der Waals surface area contributed by atoms with Crippen LogP contribution in [0.3, 0.4) is 0 Å². The van der Waals surface area contributed by atoms with Crippen LogP contribution in [0.1, 0.15) is 45.1 Å². The van der Waals surface area contributed by atoms with E-state index in [1.807, 2.05) is 24.3 Å². The Morgan fingerprint density at radius 1 is 0.900 bits per heavy atom. The number of amides is 4. The van der Waals surface area contributed by atoms with Crippen molar-refractivity contribution >= 4 is 46.5 Å². The molecule has 0 radical (unpaired) electrons. The van der Waals surface area contributed by atoms with Crippen molar-refractivity contribution in [2.45, 2.75) is 70.1 Å². The van der Waals surface area contributed by atoms with E-state index < -0.39 is 66.2 Å². The van der Waals surface area contributed by atoms with Gasteiger partial charge >= 0.3 is 11.9 Å². The number of nitrogens with two attached hydrogens (primary N) is 2. The molecule has 0 aliphatic carbocycles. The molecule has 0 aliphatic rings. The minimum Gasteiger partial charge on any atom is -0.481 e. The van der Waals surface area contributed by atoms with Gasteiger partial charge in [-0.3, -0.25) is 24.0 Å². The van der Waals surface area contributed by atoms with Crippen LogP contribution in [0.15, 0.2) is 30.5 Å². The number of aliphatic carboxylic acids is 2. The van der Waals surface area contributed by atoms with E-state index >= 15 is 0 Å². The molecule has 218 valence electrons. The van der Waals surface area contributed by atoms with Gasteiger partial charge in [0.05, 0.1) is 12.5 Å². The van der Waals surface area contributed by atoms with Crippen LogP contribution < -0.4 is 27.4 Å². The van der Waals surface area contributed by atoms with Crippen LogP contribution in [0.2, 0.25) is 0 Å². The molecule has 2 aromatic rings. The molecule has 4 unspecified atom stereocenters. The third-order valence-corrected chi connectivity index (χ3v) is 6.10.